The zero-order valence-corrected chi connectivity index (χ0v) is 10.1. The maximum atomic E-state index is 5.47. The molecular formula is C14H18BNO. The number of allylic oxidation sites excluding steroid dienone is 1. The van der Waals surface area contributed by atoms with Gasteiger partial charge in [-0.25, -0.2) is 0 Å². The van der Waals surface area contributed by atoms with E-state index in [0.29, 0.717) is 5.94 Å². The van der Waals surface area contributed by atoms with Crippen molar-refractivity contribution in [1.82, 2.24) is 5.32 Å². The molecule has 1 heterocycles. The Morgan fingerprint density at radius 3 is 3.00 bits per heavy atom. The zero-order chi connectivity index (χ0) is 11.9. The first-order valence-electron chi connectivity index (χ1n) is 6.05. The molecule has 0 spiro atoms. The van der Waals surface area contributed by atoms with Crippen LogP contribution < -0.4 is 5.32 Å². The summed E-state index contributed by atoms with van der Waals surface area (Å²) >= 11 is 0. The Bertz CT molecular complexity index is 388. The number of benzene rings is 1. The van der Waals surface area contributed by atoms with Crippen LogP contribution in [0.4, 0.5) is 0 Å². The molecule has 1 atom stereocenters. The van der Waals surface area contributed by atoms with Crippen molar-refractivity contribution in [2.24, 2.45) is 0 Å². The van der Waals surface area contributed by atoms with E-state index in [1.54, 1.807) is 0 Å². The Morgan fingerprint density at radius 2 is 2.18 bits per heavy atom. The fourth-order valence-corrected chi connectivity index (χ4v) is 1.96. The van der Waals surface area contributed by atoms with Crippen LogP contribution in [0.3, 0.4) is 0 Å². The molecule has 1 aliphatic heterocycles. The van der Waals surface area contributed by atoms with E-state index in [1.165, 1.54) is 5.56 Å². The molecule has 3 heteroatoms. The van der Waals surface area contributed by atoms with Gasteiger partial charge in [0.25, 0.3) is 7.48 Å². The summed E-state index contributed by atoms with van der Waals surface area (Å²) in [6.07, 6.45) is 6.12. The fraction of sp³-hybridized carbons (Fsp3) is 0.286. The number of nitrogens with one attached hydrogen (secondary N) is 1. The molecule has 1 aromatic rings. The second kappa shape index (κ2) is 6.31. The highest BCUT2D eigenvalue weighted by Gasteiger charge is 2.12. The van der Waals surface area contributed by atoms with Crippen molar-refractivity contribution < 1.29 is 4.65 Å². The lowest BCUT2D eigenvalue weighted by Crippen LogP contribution is -2.34. The van der Waals surface area contributed by atoms with E-state index in [9.17, 15) is 0 Å². The Balaban J connectivity index is 1.82. The van der Waals surface area contributed by atoms with E-state index in [1.807, 2.05) is 6.07 Å². The second-order valence-corrected chi connectivity index (χ2v) is 4.35. The third-order valence-electron chi connectivity index (χ3n) is 2.79. The molecule has 88 valence electrons. The van der Waals surface area contributed by atoms with E-state index < -0.39 is 0 Å². The van der Waals surface area contributed by atoms with Crippen LogP contribution in [0.25, 0.3) is 0 Å². The molecule has 0 fully saturated rings. The van der Waals surface area contributed by atoms with Gasteiger partial charge in [-0.05, 0) is 12.0 Å². The lowest BCUT2D eigenvalue weighted by atomic mass is 9.85. The summed E-state index contributed by atoms with van der Waals surface area (Å²) in [5.74, 6) is 0.352. The van der Waals surface area contributed by atoms with Gasteiger partial charge in [0.05, 0.1) is 0 Å². The van der Waals surface area contributed by atoms with Gasteiger partial charge in [-0.2, -0.15) is 0 Å². The second-order valence-electron chi connectivity index (χ2n) is 4.35. The van der Waals surface area contributed by atoms with Crippen LogP contribution in [0.15, 0.2) is 54.8 Å². The largest absolute Gasteiger partial charge is 0.434 e. The summed E-state index contributed by atoms with van der Waals surface area (Å²) in [5, 5.41) is 3.44. The maximum absolute atomic E-state index is 5.47. The standard InChI is InChI=1S/C14H18BNO/c1-12(11-13-7-3-2-4-8-13)16-14-9-5-6-10-17-15-14/h2-8,14-16H,1,9-11H2. The highest BCUT2D eigenvalue weighted by molar-refractivity contribution is 6.29. The van der Waals surface area contributed by atoms with Crippen molar-refractivity contribution in [2.45, 2.75) is 18.8 Å². The minimum absolute atomic E-state index is 0.352. The number of hydrogen-bond donors (Lipinski definition) is 1. The molecule has 1 N–H and O–H groups in total. The third-order valence-corrected chi connectivity index (χ3v) is 2.79. The average molecular weight is 227 g/mol. The van der Waals surface area contributed by atoms with Gasteiger partial charge < -0.3 is 9.97 Å². The van der Waals surface area contributed by atoms with E-state index in [2.05, 4.69) is 48.3 Å². The number of hydrogen-bond acceptors (Lipinski definition) is 2. The van der Waals surface area contributed by atoms with Crippen LogP contribution in [0.1, 0.15) is 12.0 Å². The summed E-state index contributed by atoms with van der Waals surface area (Å²) in [7, 11) is 0.751. The van der Waals surface area contributed by atoms with E-state index >= 15 is 0 Å². The predicted molar refractivity (Wildman–Crippen MR) is 73.1 cm³/mol. The molecule has 0 bridgehead atoms. The average Bonchev–Trinajstić information content (AvgIpc) is 2.59. The van der Waals surface area contributed by atoms with Crippen LogP contribution in [-0.4, -0.2) is 20.0 Å². The first-order valence-corrected chi connectivity index (χ1v) is 6.05. The zero-order valence-electron chi connectivity index (χ0n) is 10.1. The normalized spacial score (nSPS) is 19.2. The van der Waals surface area contributed by atoms with Gasteiger partial charge >= 0.3 is 0 Å². The highest BCUT2D eigenvalue weighted by Crippen LogP contribution is 2.07. The Labute approximate surface area is 104 Å². The quantitative estimate of drug-likeness (QED) is 0.627. The minimum Gasteiger partial charge on any atom is -0.434 e. The summed E-state index contributed by atoms with van der Waals surface area (Å²) in [4.78, 5) is 0. The Kier molecular flexibility index (Phi) is 4.45. The predicted octanol–water partition coefficient (Wildman–Crippen LogP) is 1.99. The first kappa shape index (κ1) is 12.0. The number of rotatable bonds is 4. The molecule has 0 aliphatic carbocycles. The van der Waals surface area contributed by atoms with Crippen molar-refractivity contribution >= 4 is 7.48 Å². The van der Waals surface area contributed by atoms with E-state index in [4.69, 9.17) is 4.65 Å². The Morgan fingerprint density at radius 1 is 1.35 bits per heavy atom. The van der Waals surface area contributed by atoms with Crippen LogP contribution in [0, 0.1) is 0 Å². The van der Waals surface area contributed by atoms with Gasteiger partial charge in [-0.1, -0.05) is 49.1 Å². The lowest BCUT2D eigenvalue weighted by molar-refractivity contribution is 0.378. The fourth-order valence-electron chi connectivity index (χ4n) is 1.96. The summed E-state index contributed by atoms with van der Waals surface area (Å²) in [6, 6.07) is 10.4. The maximum Gasteiger partial charge on any atom is 0.298 e. The van der Waals surface area contributed by atoms with E-state index in [-0.39, 0.29) is 0 Å². The van der Waals surface area contributed by atoms with Crippen LogP contribution in [0.2, 0.25) is 0 Å². The van der Waals surface area contributed by atoms with Gasteiger partial charge in [0.15, 0.2) is 0 Å². The molecule has 0 saturated carbocycles. The van der Waals surface area contributed by atoms with Crippen molar-refractivity contribution in [2.75, 3.05) is 6.61 Å². The molecule has 1 aromatic carbocycles. The van der Waals surface area contributed by atoms with Gasteiger partial charge in [-0.3, -0.25) is 0 Å². The minimum atomic E-state index is 0.352. The molecule has 0 radical (unpaired) electrons. The molecule has 2 nitrogen and oxygen atoms in total. The lowest BCUT2D eigenvalue weighted by Gasteiger charge is -2.17. The molecule has 0 saturated heterocycles. The van der Waals surface area contributed by atoms with Crippen molar-refractivity contribution in [3.05, 3.63) is 60.3 Å². The SMILES string of the molecule is C=C(Cc1ccccc1)NC1BOCC=CC1. The molecule has 0 aromatic heterocycles. The van der Waals surface area contributed by atoms with Gasteiger partial charge in [0.1, 0.15) is 0 Å². The van der Waals surface area contributed by atoms with Gasteiger partial charge in [0.2, 0.25) is 0 Å². The van der Waals surface area contributed by atoms with Crippen molar-refractivity contribution in [1.29, 1.82) is 0 Å². The summed E-state index contributed by atoms with van der Waals surface area (Å²) < 4.78 is 5.47. The van der Waals surface area contributed by atoms with Gasteiger partial charge in [0, 0.05) is 24.7 Å². The van der Waals surface area contributed by atoms with Crippen LogP contribution in [-0.2, 0) is 11.1 Å². The van der Waals surface area contributed by atoms with Crippen molar-refractivity contribution in [3.8, 4) is 0 Å². The third kappa shape index (κ3) is 4.12. The molecule has 2 rings (SSSR count). The van der Waals surface area contributed by atoms with E-state index in [0.717, 1.165) is 32.6 Å². The summed E-state index contributed by atoms with van der Waals surface area (Å²) in [6.45, 7) is 4.81. The highest BCUT2D eigenvalue weighted by atomic mass is 16.4. The van der Waals surface area contributed by atoms with Crippen LogP contribution >= 0.6 is 0 Å². The monoisotopic (exact) mass is 227 g/mol. The first-order chi connectivity index (χ1) is 8.34. The summed E-state index contributed by atoms with van der Waals surface area (Å²) in [5.41, 5.74) is 2.34. The molecule has 17 heavy (non-hydrogen) atoms. The molecular weight excluding hydrogens is 209 g/mol. The molecule has 1 unspecified atom stereocenters. The van der Waals surface area contributed by atoms with Gasteiger partial charge in [-0.15, -0.1) is 0 Å². The Hall–Kier alpha value is -1.48. The molecule has 0 amide bonds. The molecule has 1 aliphatic rings. The topological polar surface area (TPSA) is 21.3 Å². The van der Waals surface area contributed by atoms with Crippen LogP contribution in [0.5, 0.6) is 0 Å². The smallest absolute Gasteiger partial charge is 0.298 e. The van der Waals surface area contributed by atoms with Crippen molar-refractivity contribution in [3.63, 3.8) is 0 Å².